The molecule has 3 N–H and O–H groups in total. The maximum absolute atomic E-state index is 13.9. The molecule has 26 heavy (non-hydrogen) atoms. The second kappa shape index (κ2) is 7.08. The topological polar surface area (TPSA) is 123 Å². The summed E-state index contributed by atoms with van der Waals surface area (Å²) in [7, 11) is 0. The lowest BCUT2D eigenvalue weighted by atomic mass is 10.1. The van der Waals surface area contributed by atoms with Gasteiger partial charge >= 0.3 is 6.03 Å². The van der Waals surface area contributed by atoms with Crippen molar-refractivity contribution in [1.29, 1.82) is 0 Å². The smallest absolute Gasteiger partial charge is 0.325 e. The first-order valence-corrected chi connectivity index (χ1v) is 7.95. The molecule has 1 aromatic carbocycles. The number of carbonyl (C=O) groups is 3. The van der Waals surface area contributed by atoms with Gasteiger partial charge in [-0.25, -0.2) is 13.9 Å². The van der Waals surface area contributed by atoms with Crippen molar-refractivity contribution < 1.29 is 18.8 Å². The van der Waals surface area contributed by atoms with E-state index in [9.17, 15) is 18.8 Å². The summed E-state index contributed by atoms with van der Waals surface area (Å²) < 4.78 is 15.1. The molecule has 0 aliphatic carbocycles. The zero-order chi connectivity index (χ0) is 18.8. The fourth-order valence-electron chi connectivity index (χ4n) is 2.58. The number of nitrogens with two attached hydrogens (primary N) is 1. The summed E-state index contributed by atoms with van der Waals surface area (Å²) in [5.74, 6) is -1.71. The van der Waals surface area contributed by atoms with Crippen LogP contribution in [0.15, 0.2) is 24.4 Å². The van der Waals surface area contributed by atoms with Crippen LogP contribution < -0.4 is 11.1 Å². The van der Waals surface area contributed by atoms with Gasteiger partial charge < -0.3 is 11.1 Å². The largest absolute Gasteiger partial charge is 0.368 e. The number of carbonyl (C=O) groups excluding carboxylic acids is 3. The van der Waals surface area contributed by atoms with E-state index in [1.807, 2.05) is 0 Å². The molecule has 0 radical (unpaired) electrons. The van der Waals surface area contributed by atoms with Crippen molar-refractivity contribution in [1.82, 2.24) is 25.2 Å². The van der Waals surface area contributed by atoms with Gasteiger partial charge in [-0.15, -0.1) is 5.10 Å². The Kier molecular flexibility index (Phi) is 4.85. The van der Waals surface area contributed by atoms with Crippen LogP contribution in [0.3, 0.4) is 0 Å². The van der Waals surface area contributed by atoms with Gasteiger partial charge in [0, 0.05) is 23.2 Å². The molecule has 9 nitrogen and oxygen atoms in total. The average molecular weight is 381 g/mol. The van der Waals surface area contributed by atoms with Gasteiger partial charge in [0.1, 0.15) is 18.4 Å². The number of primary amides is 1. The van der Waals surface area contributed by atoms with Gasteiger partial charge in [0.25, 0.3) is 5.91 Å². The minimum absolute atomic E-state index is 0.0609. The van der Waals surface area contributed by atoms with E-state index < -0.39 is 29.7 Å². The molecule has 0 saturated carbocycles. The number of imide groups is 1. The Labute approximate surface area is 151 Å². The Morgan fingerprint density at radius 2 is 2.15 bits per heavy atom. The second-order valence-corrected chi connectivity index (χ2v) is 6.11. The Morgan fingerprint density at radius 1 is 1.38 bits per heavy atom. The van der Waals surface area contributed by atoms with E-state index in [1.165, 1.54) is 29.1 Å². The van der Waals surface area contributed by atoms with Crippen LogP contribution >= 0.6 is 11.6 Å². The van der Waals surface area contributed by atoms with Crippen LogP contribution in [0, 0.1) is 5.82 Å². The van der Waals surface area contributed by atoms with Crippen molar-refractivity contribution in [2.24, 2.45) is 5.73 Å². The highest BCUT2D eigenvalue weighted by molar-refractivity contribution is 6.31. The monoisotopic (exact) mass is 380 g/mol. The maximum Gasteiger partial charge on any atom is 0.325 e. The number of nitrogens with one attached hydrogen (secondary N) is 1. The predicted molar refractivity (Wildman–Crippen MR) is 87.2 cm³/mol. The normalized spacial score (nSPS) is 16.8. The highest BCUT2D eigenvalue weighted by Gasteiger charge is 2.39. The van der Waals surface area contributed by atoms with E-state index in [-0.39, 0.29) is 30.1 Å². The van der Waals surface area contributed by atoms with Gasteiger partial charge in [0.05, 0.1) is 12.2 Å². The Balaban J connectivity index is 1.71. The minimum Gasteiger partial charge on any atom is -0.368 e. The second-order valence-electron chi connectivity index (χ2n) is 5.70. The van der Waals surface area contributed by atoms with Crippen LogP contribution in [0.1, 0.15) is 11.3 Å². The summed E-state index contributed by atoms with van der Waals surface area (Å²) in [6.45, 7) is -0.420. The SMILES string of the molecule is NC(=O)Cn1cc(CC2NC(=O)N(Cc3c(F)cccc3Cl)C2=O)nn1. The number of benzene rings is 1. The summed E-state index contributed by atoms with van der Waals surface area (Å²) in [4.78, 5) is 36.3. The van der Waals surface area contributed by atoms with E-state index in [0.29, 0.717) is 5.69 Å². The maximum atomic E-state index is 13.9. The van der Waals surface area contributed by atoms with Gasteiger partial charge in [-0.05, 0) is 12.1 Å². The standard InChI is InChI=1S/C15H14ClFN6O3/c16-10-2-1-3-11(17)9(10)6-23-14(25)12(19-15(23)26)4-8-5-22(21-20-8)7-13(18)24/h1-3,5,12H,4,6-7H2,(H2,18,24)(H,19,26). The number of urea groups is 1. The number of aromatic nitrogens is 3. The Morgan fingerprint density at radius 3 is 2.85 bits per heavy atom. The summed E-state index contributed by atoms with van der Waals surface area (Å²) in [5.41, 5.74) is 5.53. The predicted octanol–water partition coefficient (Wildman–Crippen LogP) is 0.219. The van der Waals surface area contributed by atoms with Gasteiger partial charge in [0.15, 0.2) is 0 Å². The fraction of sp³-hybridized carbons (Fsp3) is 0.267. The molecule has 1 fully saturated rings. The van der Waals surface area contributed by atoms with Crippen molar-refractivity contribution in [3.8, 4) is 0 Å². The number of nitrogens with zero attached hydrogens (tertiary/aromatic N) is 4. The number of hydrogen-bond acceptors (Lipinski definition) is 5. The Hall–Kier alpha value is -3.01. The Bertz CT molecular complexity index is 866. The van der Waals surface area contributed by atoms with Gasteiger partial charge in [-0.2, -0.15) is 0 Å². The lowest BCUT2D eigenvalue weighted by Crippen LogP contribution is -2.32. The highest BCUT2D eigenvalue weighted by atomic mass is 35.5. The average Bonchev–Trinajstić information content (AvgIpc) is 3.09. The molecule has 2 heterocycles. The molecule has 11 heteroatoms. The fourth-order valence-corrected chi connectivity index (χ4v) is 2.81. The molecule has 1 aliphatic heterocycles. The molecule has 1 unspecified atom stereocenters. The zero-order valence-electron chi connectivity index (χ0n) is 13.4. The highest BCUT2D eigenvalue weighted by Crippen LogP contribution is 2.23. The van der Waals surface area contributed by atoms with Crippen LogP contribution in [0.25, 0.3) is 0 Å². The van der Waals surface area contributed by atoms with E-state index >= 15 is 0 Å². The summed E-state index contributed by atoms with van der Waals surface area (Å²) in [6.07, 6.45) is 1.53. The molecular formula is C15H14ClFN6O3. The summed E-state index contributed by atoms with van der Waals surface area (Å²) in [5, 5.41) is 10.2. The lowest BCUT2D eigenvalue weighted by molar-refractivity contribution is -0.127. The lowest BCUT2D eigenvalue weighted by Gasteiger charge is -2.14. The number of amides is 4. The summed E-state index contributed by atoms with van der Waals surface area (Å²) in [6, 6.07) is 2.60. The van der Waals surface area contributed by atoms with Gasteiger partial charge in [-0.1, -0.05) is 22.9 Å². The van der Waals surface area contributed by atoms with Gasteiger partial charge in [0.2, 0.25) is 5.91 Å². The van der Waals surface area contributed by atoms with Gasteiger partial charge in [-0.3, -0.25) is 14.5 Å². The number of halogens is 2. The molecule has 0 bridgehead atoms. The molecule has 2 aromatic rings. The minimum atomic E-state index is -0.869. The quantitative estimate of drug-likeness (QED) is 0.694. The molecule has 3 rings (SSSR count). The molecule has 4 amide bonds. The van der Waals surface area contributed by atoms with E-state index in [1.54, 1.807) is 0 Å². The van der Waals surface area contributed by atoms with Crippen LogP contribution in [0.2, 0.25) is 5.02 Å². The third kappa shape index (κ3) is 3.64. The first-order valence-electron chi connectivity index (χ1n) is 7.57. The summed E-state index contributed by atoms with van der Waals surface area (Å²) >= 11 is 5.95. The molecule has 1 saturated heterocycles. The first-order chi connectivity index (χ1) is 12.3. The third-order valence-corrected chi connectivity index (χ3v) is 4.16. The van der Waals surface area contributed by atoms with Crippen LogP contribution in [-0.4, -0.2) is 43.8 Å². The first kappa shape index (κ1) is 17.8. The van der Waals surface area contributed by atoms with Crippen molar-refractivity contribution in [3.05, 3.63) is 46.5 Å². The van der Waals surface area contributed by atoms with E-state index in [0.717, 1.165) is 4.90 Å². The molecule has 1 aromatic heterocycles. The number of rotatable bonds is 6. The van der Waals surface area contributed by atoms with Crippen molar-refractivity contribution in [2.75, 3.05) is 0 Å². The van der Waals surface area contributed by atoms with Crippen molar-refractivity contribution in [3.63, 3.8) is 0 Å². The number of hydrogen-bond donors (Lipinski definition) is 2. The third-order valence-electron chi connectivity index (χ3n) is 3.80. The zero-order valence-corrected chi connectivity index (χ0v) is 14.1. The van der Waals surface area contributed by atoms with Crippen molar-refractivity contribution >= 4 is 29.4 Å². The van der Waals surface area contributed by atoms with Crippen molar-refractivity contribution in [2.45, 2.75) is 25.6 Å². The van der Waals surface area contributed by atoms with Crippen LogP contribution in [0.5, 0.6) is 0 Å². The molecule has 1 atom stereocenters. The van der Waals surface area contributed by atoms with E-state index in [2.05, 4.69) is 15.6 Å². The molecule has 136 valence electrons. The van der Waals surface area contributed by atoms with E-state index in [4.69, 9.17) is 17.3 Å². The molecule has 1 aliphatic rings. The molecular weight excluding hydrogens is 367 g/mol. The van der Waals surface area contributed by atoms with Crippen LogP contribution in [-0.2, 0) is 29.1 Å². The molecule has 0 spiro atoms. The van der Waals surface area contributed by atoms with Crippen LogP contribution in [0.4, 0.5) is 9.18 Å².